The van der Waals surface area contributed by atoms with Crippen LogP contribution in [0.5, 0.6) is 5.75 Å². The number of amides is 5. The molecule has 15 aromatic rings. The Balaban J connectivity index is 0.000000120. The summed E-state index contributed by atoms with van der Waals surface area (Å²) in [7, 11) is -7.82. The molecule has 8 aliphatic rings. The molecule has 0 aliphatic carbocycles. The van der Waals surface area contributed by atoms with Gasteiger partial charge < -0.3 is 34.0 Å². The lowest BCUT2D eigenvalue weighted by molar-refractivity contribution is -0.124. The Morgan fingerprint density at radius 1 is 0.345 bits per heavy atom. The first-order chi connectivity index (χ1) is 71.7. The predicted molar refractivity (Wildman–Crippen MR) is 577 cm³/mol. The quantitative estimate of drug-likeness (QED) is 0.0440. The fourth-order valence-corrected chi connectivity index (χ4v) is 28.1. The molecule has 4 unspecified atom stereocenters. The first-order valence-corrected chi connectivity index (χ1v) is 56.0. The maximum Gasteiger partial charge on any atom is 0.259 e. The number of ketones is 4. The number of likely N-dealkylation sites (tertiary alicyclic amines) is 1. The number of sulfonamides is 3. The van der Waals surface area contributed by atoms with Crippen LogP contribution in [0.15, 0.2) is 306 Å². The van der Waals surface area contributed by atoms with Crippen LogP contribution in [0, 0.1) is 0 Å². The number of nitrogens with zero attached hydrogens (tertiary/aromatic N) is 8. The van der Waals surface area contributed by atoms with E-state index < -0.39 is 54.2 Å². The van der Waals surface area contributed by atoms with Gasteiger partial charge in [0.1, 0.15) is 9.96 Å². The van der Waals surface area contributed by atoms with Gasteiger partial charge in [0, 0.05) is 115 Å². The monoisotopic (exact) mass is 2050 g/mol. The Bertz CT molecular complexity index is 8120. The van der Waals surface area contributed by atoms with Crippen LogP contribution in [0.3, 0.4) is 0 Å². The van der Waals surface area contributed by atoms with E-state index in [0.717, 1.165) is 167 Å². The third-order valence-electron chi connectivity index (χ3n) is 29.8. The second kappa shape index (κ2) is 43.2. The van der Waals surface area contributed by atoms with E-state index in [1.807, 2.05) is 248 Å². The van der Waals surface area contributed by atoms with Crippen molar-refractivity contribution in [2.45, 2.75) is 156 Å². The lowest BCUT2D eigenvalue weighted by atomic mass is 9.91. The summed E-state index contributed by atoms with van der Waals surface area (Å²) < 4.78 is 93.4. The summed E-state index contributed by atoms with van der Waals surface area (Å²) in [5, 5.41) is 10.5. The Labute approximate surface area is 864 Å². The molecule has 1 aromatic heterocycles. The first kappa shape index (κ1) is 101. The maximum atomic E-state index is 13.9. The lowest BCUT2D eigenvalue weighted by Crippen LogP contribution is -2.48. The van der Waals surface area contributed by atoms with Gasteiger partial charge in [0.15, 0.2) is 23.1 Å². The molecule has 0 bridgehead atoms. The topological polar surface area (TPSA) is 300 Å². The normalized spacial score (nSPS) is 17.7. The van der Waals surface area contributed by atoms with E-state index in [1.165, 1.54) is 30.5 Å². The minimum atomic E-state index is -3.87. The molecule has 4 fully saturated rings. The summed E-state index contributed by atoms with van der Waals surface area (Å²) >= 11 is 1.17. The molecule has 0 spiro atoms. The van der Waals surface area contributed by atoms with Crippen molar-refractivity contribution in [2.24, 2.45) is 0 Å². The van der Waals surface area contributed by atoms with Crippen molar-refractivity contribution in [3.8, 4) is 5.75 Å². The highest BCUT2D eigenvalue weighted by atomic mass is 32.2. The Kier molecular flexibility index (Phi) is 29.4. The minimum Gasteiger partial charge on any atom is -0.497 e. The van der Waals surface area contributed by atoms with Gasteiger partial charge in [-0.2, -0.15) is 12.9 Å². The smallest absolute Gasteiger partial charge is 0.259 e. The predicted octanol–water partition coefficient (Wildman–Crippen LogP) is 20.1. The molecule has 5 amide bonds. The van der Waals surface area contributed by atoms with E-state index in [4.69, 9.17) is 9.47 Å². The zero-order chi connectivity index (χ0) is 103. The number of thiophene rings is 1. The zero-order valence-electron chi connectivity index (χ0n) is 82.4. The van der Waals surface area contributed by atoms with Crippen LogP contribution < -0.4 is 24.3 Å². The van der Waals surface area contributed by atoms with Crippen molar-refractivity contribution in [1.29, 1.82) is 0 Å². The Morgan fingerprint density at radius 3 is 1.11 bits per heavy atom. The van der Waals surface area contributed by atoms with E-state index in [2.05, 4.69) is 0 Å². The molecule has 754 valence electrons. The number of hydrogen-bond donors (Lipinski definition) is 0. The van der Waals surface area contributed by atoms with Crippen LogP contribution in [0.1, 0.15) is 168 Å². The molecule has 4 saturated heterocycles. The minimum absolute atomic E-state index is 0.0218. The number of piperidine rings is 4. The highest BCUT2D eigenvalue weighted by Crippen LogP contribution is 2.47. The zero-order valence-corrected chi connectivity index (χ0v) is 85.7. The number of methoxy groups -OCH3 is 2. The second-order valence-corrected chi connectivity index (χ2v) is 45.8. The number of Topliss-reactive ketones (excluding diaryl/α,β-unsaturated/α-hetero) is 4. The molecule has 23 rings (SSSR count). The van der Waals surface area contributed by atoms with Crippen molar-refractivity contribution >= 4 is 171 Å². The number of carbonyl (C=O) groups is 9. The fourth-order valence-electron chi connectivity index (χ4n) is 22.5. The summed E-state index contributed by atoms with van der Waals surface area (Å²) in [6.45, 7) is 3.94. The SMILES string of the molecule is COCCN1C(=O)c2cccc3c(CC(=O)C4CCCCN4S(=O)(=O)c4cccs4)ccc1c23.COc1ccc(C(=O)N2CCCCC2C(=O)Cc2ccc3c4c(cccc24)C(=O)N3Cc2ccccc2)cc1.CS(=O)(=O)N1CCCCC1C(=O)Cc1ccc2c3c(cccc13)C(=O)N2Cc1ccccc1.O=C(Cc1ccc2c3c(cccc13)C(=O)N2Cc1ccccc1)C1CCCCN1S(=O)(=O)c1ccc2ccccc2c1. The van der Waals surface area contributed by atoms with Gasteiger partial charge in [0.05, 0.1) is 91.4 Å². The van der Waals surface area contributed by atoms with E-state index in [1.54, 1.807) is 87.7 Å². The Hall–Kier alpha value is -14.4. The van der Waals surface area contributed by atoms with Crippen molar-refractivity contribution in [1.82, 2.24) is 17.8 Å². The van der Waals surface area contributed by atoms with Gasteiger partial charge in [-0.05, 0) is 225 Å². The van der Waals surface area contributed by atoms with Crippen LogP contribution in [0.2, 0.25) is 0 Å². The van der Waals surface area contributed by atoms with E-state index in [9.17, 15) is 68.4 Å². The van der Waals surface area contributed by atoms with Crippen LogP contribution in [-0.4, -0.2) is 180 Å². The van der Waals surface area contributed by atoms with Gasteiger partial charge in [-0.25, -0.2) is 25.3 Å². The van der Waals surface area contributed by atoms with E-state index >= 15 is 0 Å². The largest absolute Gasteiger partial charge is 0.497 e. The first-order valence-electron chi connectivity index (χ1n) is 50.4. The molecule has 4 atom stereocenters. The number of rotatable bonds is 28. The van der Waals surface area contributed by atoms with Crippen LogP contribution in [0.4, 0.5) is 22.7 Å². The maximum absolute atomic E-state index is 13.9. The van der Waals surface area contributed by atoms with Gasteiger partial charge >= 0.3 is 0 Å². The third-order valence-corrected chi connectivity index (χ3v) is 36.3. The van der Waals surface area contributed by atoms with Crippen LogP contribution in [-0.2, 0) is 99.3 Å². The third kappa shape index (κ3) is 20.0. The molecule has 0 radical (unpaired) electrons. The number of carbonyl (C=O) groups excluding carboxylic acids is 9. The molecule has 0 N–H and O–H groups in total. The average molecular weight is 2050 g/mol. The van der Waals surface area contributed by atoms with Gasteiger partial charge in [-0.15, -0.1) is 11.3 Å². The average Bonchev–Trinajstić information content (AvgIpc) is 1.59. The molecule has 29 heteroatoms. The van der Waals surface area contributed by atoms with Gasteiger partial charge in [-0.3, -0.25) is 43.2 Å². The summed E-state index contributed by atoms with van der Waals surface area (Å²) in [6, 6.07) is 88.3. The molecule has 8 aliphatic heterocycles. The summed E-state index contributed by atoms with van der Waals surface area (Å²) in [5.74, 6) is 0.0822. The fraction of sp³-hybridized carbons (Fsp3) is 0.269. The van der Waals surface area contributed by atoms with Crippen molar-refractivity contribution < 1.29 is 77.9 Å². The Morgan fingerprint density at radius 2 is 0.709 bits per heavy atom. The van der Waals surface area contributed by atoms with Crippen molar-refractivity contribution in [2.75, 3.05) is 79.4 Å². The van der Waals surface area contributed by atoms with Crippen LogP contribution >= 0.6 is 11.3 Å². The number of anilines is 4. The number of ether oxygens (including phenoxy) is 2. The summed E-state index contributed by atoms with van der Waals surface area (Å²) in [4.78, 5) is 130. The highest BCUT2D eigenvalue weighted by Gasteiger charge is 2.44. The molecule has 9 heterocycles. The molecule has 14 aromatic carbocycles. The van der Waals surface area contributed by atoms with Gasteiger partial charge in [-0.1, -0.05) is 219 Å². The van der Waals surface area contributed by atoms with E-state index in [-0.39, 0.29) is 87.5 Å². The highest BCUT2D eigenvalue weighted by molar-refractivity contribution is 7.91. The lowest BCUT2D eigenvalue weighted by Gasteiger charge is -2.35. The van der Waals surface area contributed by atoms with E-state index in [0.29, 0.717) is 118 Å². The molecule has 148 heavy (non-hydrogen) atoms. The number of benzene rings is 14. The molecule has 25 nitrogen and oxygen atoms in total. The summed E-state index contributed by atoms with van der Waals surface area (Å²) in [5.41, 5.74) is 13.0. The molecular weight excluding hydrogens is 1940 g/mol. The molecular formula is C119H112N8O17S4. The molecule has 0 saturated carbocycles. The van der Waals surface area contributed by atoms with Crippen molar-refractivity contribution in [3.05, 3.63) is 363 Å². The standard InChI is InChI=1S/C35H30N2O4S.C33H30N2O4.C26H26N2O4S.C25H26N2O5S2/c38-33(31-15-6-7-20-37(31)42(40,41)28-18-16-25-11-4-5-12-26(25)21-28)22-27-17-19-32-34-29(27)13-8-14-30(34)35(39)36(32)23-24-9-2-1-3-10-24;1-39-25-16-13-23(14-17-25)32(37)34-19-6-5-12-28(34)30(36)20-24-15-18-29-31-26(24)10-7-11-27(31)33(38)35(29)21-22-8-3-2-4-9-22;1-33(31,32)28-15-6-5-12-22(28)24(29)16-19-13-14-23-25-20(19)10-7-11-21(25)26(30)27(23)17-18-8-3-2-4-9-18;1-32-14-13-26-21-11-10-17(18-6-4-7-19(24(18)21)25(26)29)16-22(28)20-8-2-3-12-27(20)34(30,31)23-9-5-15-33-23/h1-5,8-14,16-19,21,31H,6-7,15,20,22-23H2;2-4,7-11,13-18,28H,5-6,12,19-21H2,1H3;2-4,7-11,13-14,22H,5-6,12,15-17H2,1H3;4-7,9-11,15,20H,2-3,8,12-14,16H2,1H3. The van der Waals surface area contributed by atoms with Crippen molar-refractivity contribution in [3.63, 3.8) is 0 Å². The van der Waals surface area contributed by atoms with Gasteiger partial charge in [0.2, 0.25) is 20.0 Å². The second-order valence-electron chi connectivity index (χ2n) is 38.9. The summed E-state index contributed by atoms with van der Waals surface area (Å²) in [6.07, 6.45) is 10.5. The number of fused-ring (bicyclic) bond motifs is 1. The number of hydrogen-bond acceptors (Lipinski definition) is 18. The van der Waals surface area contributed by atoms with Crippen LogP contribution in [0.25, 0.3) is 53.9 Å². The van der Waals surface area contributed by atoms with Gasteiger partial charge in [0.25, 0.3) is 39.6 Å².